The maximum atomic E-state index is 12.8. The van der Waals surface area contributed by atoms with Gasteiger partial charge in [-0.1, -0.05) is 47.0 Å². The SMILES string of the molecule is CC[C@H](C)CCCCC(=O)O[C@@H](CCN)C(=O)N[C@H](C(=O)N[C@@H](CCN)C(=O)C(C)C)[C@H](C)O. The van der Waals surface area contributed by atoms with Crippen molar-refractivity contribution in [3.8, 4) is 0 Å². The number of unbranched alkanes of at least 4 members (excludes halogenated alkanes) is 1. The van der Waals surface area contributed by atoms with Crippen LogP contribution in [0.5, 0.6) is 0 Å². The maximum Gasteiger partial charge on any atom is 0.306 e. The summed E-state index contributed by atoms with van der Waals surface area (Å²) in [6.07, 6.45) is 1.69. The normalized spacial score (nSPS) is 15.7. The van der Waals surface area contributed by atoms with Crippen LogP contribution in [0.3, 0.4) is 0 Å². The van der Waals surface area contributed by atoms with E-state index < -0.39 is 42.1 Å². The van der Waals surface area contributed by atoms with Gasteiger partial charge in [0.15, 0.2) is 11.9 Å². The van der Waals surface area contributed by atoms with Crippen LogP contribution in [0.4, 0.5) is 0 Å². The van der Waals surface area contributed by atoms with Crippen LogP contribution in [0.15, 0.2) is 0 Å². The van der Waals surface area contributed by atoms with Gasteiger partial charge < -0.3 is 31.9 Å². The van der Waals surface area contributed by atoms with Gasteiger partial charge in [0.05, 0.1) is 12.1 Å². The Labute approximate surface area is 203 Å². The second-order valence-corrected chi connectivity index (χ2v) is 9.24. The van der Waals surface area contributed by atoms with E-state index in [2.05, 4.69) is 24.5 Å². The van der Waals surface area contributed by atoms with Gasteiger partial charge in [0.1, 0.15) is 6.04 Å². The molecule has 0 aromatic rings. The summed E-state index contributed by atoms with van der Waals surface area (Å²) < 4.78 is 5.32. The van der Waals surface area contributed by atoms with E-state index in [0.717, 1.165) is 19.3 Å². The van der Waals surface area contributed by atoms with E-state index in [1.165, 1.54) is 6.92 Å². The number of Topliss-reactive ketones (excluding diaryl/α,β-unsaturated/α-hetero) is 1. The van der Waals surface area contributed by atoms with Crippen molar-refractivity contribution in [1.29, 1.82) is 0 Å². The van der Waals surface area contributed by atoms with Gasteiger partial charge in [0.25, 0.3) is 5.91 Å². The molecule has 0 bridgehead atoms. The van der Waals surface area contributed by atoms with Gasteiger partial charge in [0, 0.05) is 18.8 Å². The molecule has 0 saturated heterocycles. The lowest BCUT2D eigenvalue weighted by atomic mass is 9.98. The summed E-state index contributed by atoms with van der Waals surface area (Å²) >= 11 is 0. The number of carbonyl (C=O) groups excluding carboxylic acids is 4. The van der Waals surface area contributed by atoms with Crippen molar-refractivity contribution in [3.63, 3.8) is 0 Å². The molecule has 10 heteroatoms. The Kier molecular flexibility index (Phi) is 16.4. The number of hydrogen-bond donors (Lipinski definition) is 5. The van der Waals surface area contributed by atoms with E-state index in [-0.39, 0.29) is 44.1 Å². The molecule has 0 aliphatic rings. The van der Waals surface area contributed by atoms with Gasteiger partial charge in [-0.15, -0.1) is 0 Å². The topological polar surface area (TPSA) is 174 Å². The molecule has 198 valence electrons. The van der Waals surface area contributed by atoms with E-state index in [9.17, 15) is 24.3 Å². The van der Waals surface area contributed by atoms with Crippen molar-refractivity contribution in [2.75, 3.05) is 13.1 Å². The first-order chi connectivity index (χ1) is 16.0. The summed E-state index contributed by atoms with van der Waals surface area (Å²) in [5.41, 5.74) is 11.1. The Morgan fingerprint density at radius 3 is 2.00 bits per heavy atom. The highest BCUT2D eigenvalue weighted by Gasteiger charge is 2.33. The van der Waals surface area contributed by atoms with Crippen LogP contribution >= 0.6 is 0 Å². The van der Waals surface area contributed by atoms with Crippen LogP contribution < -0.4 is 22.1 Å². The van der Waals surface area contributed by atoms with E-state index >= 15 is 0 Å². The summed E-state index contributed by atoms with van der Waals surface area (Å²) in [5.74, 6) is -1.90. The van der Waals surface area contributed by atoms with Gasteiger partial charge in [-0.2, -0.15) is 0 Å². The molecule has 34 heavy (non-hydrogen) atoms. The van der Waals surface area contributed by atoms with Gasteiger partial charge >= 0.3 is 5.97 Å². The summed E-state index contributed by atoms with van der Waals surface area (Å²) in [7, 11) is 0. The van der Waals surface area contributed by atoms with Gasteiger partial charge in [0.2, 0.25) is 5.91 Å². The molecular weight excluding hydrogens is 440 g/mol. The van der Waals surface area contributed by atoms with Gasteiger partial charge in [-0.25, -0.2) is 0 Å². The highest BCUT2D eigenvalue weighted by Crippen LogP contribution is 2.13. The summed E-state index contributed by atoms with van der Waals surface area (Å²) in [6, 6.07) is -2.18. The number of esters is 1. The third-order valence-corrected chi connectivity index (χ3v) is 5.77. The largest absolute Gasteiger partial charge is 0.452 e. The minimum absolute atomic E-state index is 0.0697. The van der Waals surface area contributed by atoms with E-state index in [4.69, 9.17) is 16.2 Å². The molecule has 0 aromatic carbocycles. The number of rotatable bonds is 18. The van der Waals surface area contributed by atoms with Crippen LogP contribution in [0.1, 0.15) is 79.6 Å². The van der Waals surface area contributed by atoms with Crippen LogP contribution in [0, 0.1) is 11.8 Å². The van der Waals surface area contributed by atoms with Crippen molar-refractivity contribution in [1.82, 2.24) is 10.6 Å². The number of amides is 2. The number of aliphatic hydroxyl groups is 1. The molecule has 10 nitrogen and oxygen atoms in total. The monoisotopic (exact) mass is 486 g/mol. The summed E-state index contributed by atoms with van der Waals surface area (Å²) in [6.45, 7) is 9.31. The lowest BCUT2D eigenvalue weighted by Gasteiger charge is -2.26. The standard InChI is InChI=1S/C24H46N4O6/c1-6-16(4)9-7-8-10-20(30)34-19(12-14-26)23(32)28-21(17(5)29)24(33)27-18(11-13-25)22(31)15(2)3/h15-19,21,29H,6-14,25-26H2,1-5H3,(H,27,33)(H,28,32)/t16-,17-,18-,19-,21-/m0/s1. The van der Waals surface area contributed by atoms with Gasteiger partial charge in [-0.05, 0) is 38.8 Å². The van der Waals surface area contributed by atoms with Crippen LogP contribution in [0.2, 0.25) is 0 Å². The Morgan fingerprint density at radius 1 is 0.882 bits per heavy atom. The molecule has 0 heterocycles. The molecule has 7 N–H and O–H groups in total. The predicted octanol–water partition coefficient (Wildman–Crippen LogP) is 0.778. The first-order valence-corrected chi connectivity index (χ1v) is 12.4. The van der Waals surface area contributed by atoms with E-state index in [1.54, 1.807) is 13.8 Å². The van der Waals surface area contributed by atoms with Crippen LogP contribution in [-0.2, 0) is 23.9 Å². The Hall–Kier alpha value is -2.04. The zero-order chi connectivity index (χ0) is 26.3. The van der Waals surface area contributed by atoms with Crippen molar-refractivity contribution in [2.45, 2.75) is 104 Å². The second kappa shape index (κ2) is 17.4. The third-order valence-electron chi connectivity index (χ3n) is 5.77. The molecule has 0 rings (SSSR count). The van der Waals surface area contributed by atoms with E-state index in [0.29, 0.717) is 12.3 Å². The number of hydrogen-bond acceptors (Lipinski definition) is 8. The number of carbonyl (C=O) groups is 4. The second-order valence-electron chi connectivity index (χ2n) is 9.24. The number of ketones is 1. The average molecular weight is 487 g/mol. The lowest BCUT2D eigenvalue weighted by molar-refractivity contribution is -0.157. The molecule has 0 saturated carbocycles. The first kappa shape index (κ1) is 32.0. The fourth-order valence-electron chi connectivity index (χ4n) is 3.35. The summed E-state index contributed by atoms with van der Waals surface area (Å²) in [5, 5.41) is 15.1. The quantitative estimate of drug-likeness (QED) is 0.139. The molecule has 0 spiro atoms. The number of nitrogens with two attached hydrogens (primary N) is 2. The number of aliphatic hydroxyl groups excluding tert-OH is 1. The highest BCUT2D eigenvalue weighted by molar-refractivity contribution is 5.94. The van der Waals surface area contributed by atoms with Crippen molar-refractivity contribution in [2.24, 2.45) is 23.3 Å². The smallest absolute Gasteiger partial charge is 0.306 e. The molecule has 0 aliphatic carbocycles. The highest BCUT2D eigenvalue weighted by atomic mass is 16.5. The predicted molar refractivity (Wildman–Crippen MR) is 131 cm³/mol. The molecule has 0 aromatic heterocycles. The minimum atomic E-state index is -1.35. The molecule has 0 aliphatic heterocycles. The number of ether oxygens (including phenoxy) is 1. The van der Waals surface area contributed by atoms with Crippen molar-refractivity contribution >= 4 is 23.6 Å². The molecule has 0 radical (unpaired) electrons. The Bertz CT molecular complexity index is 641. The van der Waals surface area contributed by atoms with Crippen LogP contribution in [0.25, 0.3) is 0 Å². The average Bonchev–Trinajstić information content (AvgIpc) is 2.78. The molecule has 0 unspecified atom stereocenters. The molecule has 2 amide bonds. The number of nitrogens with one attached hydrogen (secondary N) is 2. The Morgan fingerprint density at radius 2 is 1.50 bits per heavy atom. The first-order valence-electron chi connectivity index (χ1n) is 12.4. The van der Waals surface area contributed by atoms with Crippen LogP contribution in [-0.4, -0.2) is 66.1 Å². The fraction of sp³-hybridized carbons (Fsp3) is 0.833. The zero-order valence-electron chi connectivity index (χ0n) is 21.5. The fourth-order valence-corrected chi connectivity index (χ4v) is 3.35. The van der Waals surface area contributed by atoms with Crippen molar-refractivity contribution < 1.29 is 29.0 Å². The van der Waals surface area contributed by atoms with Crippen molar-refractivity contribution in [3.05, 3.63) is 0 Å². The van der Waals surface area contributed by atoms with E-state index in [1.807, 2.05) is 0 Å². The third kappa shape index (κ3) is 12.4. The summed E-state index contributed by atoms with van der Waals surface area (Å²) in [4.78, 5) is 50.2. The molecule has 5 atom stereocenters. The Balaban J connectivity index is 5.10. The molecule has 0 fully saturated rings. The minimum Gasteiger partial charge on any atom is -0.452 e. The lowest BCUT2D eigenvalue weighted by Crippen LogP contribution is -2.58. The zero-order valence-corrected chi connectivity index (χ0v) is 21.5. The van der Waals surface area contributed by atoms with Gasteiger partial charge in [-0.3, -0.25) is 19.2 Å². The molecular formula is C24H46N4O6. The maximum absolute atomic E-state index is 12.8.